The first-order valence-electron chi connectivity index (χ1n) is 6.70. The molecule has 0 spiro atoms. The van der Waals surface area contributed by atoms with Gasteiger partial charge in [-0.2, -0.15) is 0 Å². The zero-order chi connectivity index (χ0) is 13.1. The summed E-state index contributed by atoms with van der Waals surface area (Å²) in [4.78, 5) is 11.1. The number of nitrogens with one attached hydrogen (secondary N) is 2. The second-order valence-corrected chi connectivity index (χ2v) is 4.91. The van der Waals surface area contributed by atoms with Gasteiger partial charge in [0.1, 0.15) is 13.2 Å². The van der Waals surface area contributed by atoms with Crippen molar-refractivity contribution in [3.05, 3.63) is 23.8 Å². The topological polar surface area (TPSA) is 59.6 Å². The Morgan fingerprint density at radius 1 is 1.26 bits per heavy atom. The fourth-order valence-corrected chi connectivity index (χ4v) is 2.42. The predicted octanol–water partition coefficient (Wildman–Crippen LogP) is 0.826. The maximum atomic E-state index is 11.1. The number of carbonyl (C=O) groups is 1. The molecule has 0 bridgehead atoms. The van der Waals surface area contributed by atoms with E-state index >= 15 is 0 Å². The average Bonchev–Trinajstić information content (AvgIpc) is 2.84. The lowest BCUT2D eigenvalue weighted by molar-refractivity contribution is -0.119. The number of fused-ring (bicyclic) bond motifs is 1. The molecule has 3 rings (SSSR count). The monoisotopic (exact) mass is 262 g/mol. The Morgan fingerprint density at radius 3 is 2.89 bits per heavy atom. The smallest absolute Gasteiger partial charge is 0.220 e. The van der Waals surface area contributed by atoms with Gasteiger partial charge in [0.2, 0.25) is 5.91 Å². The van der Waals surface area contributed by atoms with Gasteiger partial charge < -0.3 is 20.1 Å². The van der Waals surface area contributed by atoms with Crippen molar-refractivity contribution in [2.24, 2.45) is 0 Å². The lowest BCUT2D eigenvalue weighted by Gasteiger charge is -2.19. The second-order valence-electron chi connectivity index (χ2n) is 4.91. The molecule has 1 fully saturated rings. The standard InChI is InChI=1S/C14H18N2O3/c17-14-4-2-11(16-14)9-15-8-10-1-3-12-13(7-10)19-6-5-18-12/h1,3,7,11,15H,2,4-6,8-9H2,(H,16,17). The molecule has 1 amide bonds. The molecule has 1 atom stereocenters. The van der Waals surface area contributed by atoms with E-state index in [9.17, 15) is 4.79 Å². The molecule has 2 aliphatic heterocycles. The number of ether oxygens (including phenoxy) is 2. The summed E-state index contributed by atoms with van der Waals surface area (Å²) in [5, 5.41) is 6.30. The SMILES string of the molecule is O=C1CCC(CNCc2ccc3c(c2)OCCO3)N1. The van der Waals surface area contributed by atoms with Crippen LogP contribution in [0, 0.1) is 0 Å². The van der Waals surface area contributed by atoms with Crippen LogP contribution in [-0.2, 0) is 11.3 Å². The number of benzene rings is 1. The van der Waals surface area contributed by atoms with Crippen LogP contribution >= 0.6 is 0 Å². The second kappa shape index (κ2) is 5.48. The summed E-state index contributed by atoms with van der Waals surface area (Å²) in [6.07, 6.45) is 1.57. The molecule has 0 aliphatic carbocycles. The highest BCUT2D eigenvalue weighted by Crippen LogP contribution is 2.30. The van der Waals surface area contributed by atoms with E-state index in [0.29, 0.717) is 19.6 Å². The molecule has 0 saturated carbocycles. The van der Waals surface area contributed by atoms with Gasteiger partial charge in [-0.3, -0.25) is 4.79 Å². The highest BCUT2D eigenvalue weighted by Gasteiger charge is 2.19. The summed E-state index contributed by atoms with van der Waals surface area (Å²) in [7, 11) is 0. The molecule has 102 valence electrons. The van der Waals surface area contributed by atoms with Gasteiger partial charge in [0.25, 0.3) is 0 Å². The fraction of sp³-hybridized carbons (Fsp3) is 0.500. The zero-order valence-corrected chi connectivity index (χ0v) is 10.8. The molecule has 1 aromatic rings. The van der Waals surface area contributed by atoms with Crippen molar-refractivity contribution < 1.29 is 14.3 Å². The first-order chi connectivity index (χ1) is 9.31. The van der Waals surface area contributed by atoms with Crippen molar-refractivity contribution in [1.82, 2.24) is 10.6 Å². The Kier molecular flexibility index (Phi) is 3.55. The molecule has 1 unspecified atom stereocenters. The Morgan fingerprint density at radius 2 is 2.11 bits per heavy atom. The van der Waals surface area contributed by atoms with Gasteiger partial charge in [0.05, 0.1) is 0 Å². The molecular weight excluding hydrogens is 244 g/mol. The van der Waals surface area contributed by atoms with Crippen molar-refractivity contribution in [2.45, 2.75) is 25.4 Å². The minimum atomic E-state index is 0.158. The third kappa shape index (κ3) is 2.98. The Bertz CT molecular complexity index is 476. The van der Waals surface area contributed by atoms with Crippen LogP contribution in [-0.4, -0.2) is 31.7 Å². The highest BCUT2D eigenvalue weighted by molar-refractivity contribution is 5.78. The lowest BCUT2D eigenvalue weighted by Crippen LogP contribution is -2.35. The molecule has 5 nitrogen and oxygen atoms in total. The quantitative estimate of drug-likeness (QED) is 0.843. The molecule has 2 aliphatic rings. The van der Waals surface area contributed by atoms with E-state index < -0.39 is 0 Å². The summed E-state index contributed by atoms with van der Waals surface area (Å²) in [6.45, 7) is 2.80. The Balaban J connectivity index is 1.51. The summed E-state index contributed by atoms with van der Waals surface area (Å²) >= 11 is 0. The summed E-state index contributed by atoms with van der Waals surface area (Å²) in [5.41, 5.74) is 1.16. The molecular formula is C14H18N2O3. The van der Waals surface area contributed by atoms with E-state index in [2.05, 4.69) is 10.6 Å². The van der Waals surface area contributed by atoms with Crippen molar-refractivity contribution >= 4 is 5.91 Å². The van der Waals surface area contributed by atoms with Crippen molar-refractivity contribution in [3.8, 4) is 11.5 Å². The van der Waals surface area contributed by atoms with E-state index in [0.717, 1.165) is 36.6 Å². The van der Waals surface area contributed by atoms with Crippen LogP contribution < -0.4 is 20.1 Å². The summed E-state index contributed by atoms with van der Waals surface area (Å²) in [6, 6.07) is 6.26. The maximum absolute atomic E-state index is 11.1. The van der Waals surface area contributed by atoms with Crippen LogP contribution in [0.4, 0.5) is 0 Å². The average molecular weight is 262 g/mol. The van der Waals surface area contributed by atoms with Crippen molar-refractivity contribution in [1.29, 1.82) is 0 Å². The number of hydrogen-bond acceptors (Lipinski definition) is 4. The van der Waals surface area contributed by atoms with Crippen LogP contribution in [0.2, 0.25) is 0 Å². The predicted molar refractivity (Wildman–Crippen MR) is 70.3 cm³/mol. The van der Waals surface area contributed by atoms with Crippen LogP contribution in [0.1, 0.15) is 18.4 Å². The normalized spacial score (nSPS) is 21.3. The maximum Gasteiger partial charge on any atom is 0.220 e. The number of hydrogen-bond donors (Lipinski definition) is 2. The third-order valence-corrected chi connectivity index (χ3v) is 3.41. The van der Waals surface area contributed by atoms with Gasteiger partial charge in [0, 0.05) is 25.6 Å². The van der Waals surface area contributed by atoms with Crippen LogP contribution in [0.25, 0.3) is 0 Å². The van der Waals surface area contributed by atoms with Gasteiger partial charge in [-0.05, 0) is 24.1 Å². The summed E-state index contributed by atoms with van der Waals surface area (Å²) < 4.78 is 11.0. The fourth-order valence-electron chi connectivity index (χ4n) is 2.42. The molecule has 1 saturated heterocycles. The van der Waals surface area contributed by atoms with E-state index in [4.69, 9.17) is 9.47 Å². The highest BCUT2D eigenvalue weighted by atomic mass is 16.6. The van der Waals surface area contributed by atoms with E-state index in [1.165, 1.54) is 0 Å². The first-order valence-corrected chi connectivity index (χ1v) is 6.70. The third-order valence-electron chi connectivity index (χ3n) is 3.41. The largest absolute Gasteiger partial charge is 0.486 e. The Hall–Kier alpha value is -1.75. The van der Waals surface area contributed by atoms with E-state index in [1.54, 1.807) is 0 Å². The minimum absolute atomic E-state index is 0.158. The molecule has 0 aromatic heterocycles. The summed E-state index contributed by atoms with van der Waals surface area (Å²) in [5.74, 6) is 1.80. The van der Waals surface area contributed by atoms with E-state index in [-0.39, 0.29) is 11.9 Å². The van der Waals surface area contributed by atoms with E-state index in [1.807, 2.05) is 18.2 Å². The lowest BCUT2D eigenvalue weighted by atomic mass is 10.2. The number of amides is 1. The molecule has 5 heteroatoms. The van der Waals surface area contributed by atoms with Crippen LogP contribution in [0.5, 0.6) is 11.5 Å². The number of rotatable bonds is 4. The van der Waals surface area contributed by atoms with Crippen molar-refractivity contribution in [3.63, 3.8) is 0 Å². The molecule has 2 N–H and O–H groups in total. The van der Waals surface area contributed by atoms with Gasteiger partial charge >= 0.3 is 0 Å². The van der Waals surface area contributed by atoms with Crippen LogP contribution in [0.15, 0.2) is 18.2 Å². The molecule has 1 aromatic carbocycles. The van der Waals surface area contributed by atoms with Crippen molar-refractivity contribution in [2.75, 3.05) is 19.8 Å². The minimum Gasteiger partial charge on any atom is -0.486 e. The molecule has 2 heterocycles. The van der Waals surface area contributed by atoms with Gasteiger partial charge in [-0.25, -0.2) is 0 Å². The zero-order valence-electron chi connectivity index (χ0n) is 10.8. The van der Waals surface area contributed by atoms with Gasteiger partial charge in [-0.1, -0.05) is 6.07 Å². The molecule has 19 heavy (non-hydrogen) atoms. The molecule has 0 radical (unpaired) electrons. The Labute approximate surface area is 112 Å². The number of carbonyl (C=O) groups excluding carboxylic acids is 1. The first kappa shape index (κ1) is 12.3. The van der Waals surface area contributed by atoms with Gasteiger partial charge in [-0.15, -0.1) is 0 Å². The van der Waals surface area contributed by atoms with Crippen LogP contribution in [0.3, 0.4) is 0 Å². The van der Waals surface area contributed by atoms with Gasteiger partial charge in [0.15, 0.2) is 11.5 Å².